The normalized spacial score (nSPS) is 17.4. The summed E-state index contributed by atoms with van der Waals surface area (Å²) in [4.78, 5) is 22.4. The van der Waals surface area contributed by atoms with E-state index in [2.05, 4.69) is 5.32 Å². The number of aliphatic hydroxyl groups excluding tert-OH is 1. The summed E-state index contributed by atoms with van der Waals surface area (Å²) in [6, 6.07) is 2.76. The van der Waals surface area contributed by atoms with Gasteiger partial charge in [-0.3, -0.25) is 4.79 Å². The molecule has 116 valence electrons. The Kier molecular flexibility index (Phi) is 4.62. The molecular formula is C14H21N3O4. The van der Waals surface area contributed by atoms with E-state index < -0.39 is 4.92 Å². The summed E-state index contributed by atoms with van der Waals surface area (Å²) in [6.45, 7) is 0.460. The molecule has 0 bridgehead atoms. The number of nitro groups is 1. The van der Waals surface area contributed by atoms with Crippen LogP contribution in [0.4, 0.5) is 5.82 Å². The molecule has 1 aliphatic carbocycles. The van der Waals surface area contributed by atoms with Crippen LogP contribution in [-0.2, 0) is 7.05 Å². The summed E-state index contributed by atoms with van der Waals surface area (Å²) in [5.41, 5.74) is 0.0102. The van der Waals surface area contributed by atoms with Crippen molar-refractivity contribution in [3.8, 4) is 0 Å². The van der Waals surface area contributed by atoms with Gasteiger partial charge in [-0.2, -0.15) is 0 Å². The minimum atomic E-state index is -0.521. The number of hydrogen-bond acceptors (Lipinski definition) is 4. The van der Waals surface area contributed by atoms with Crippen LogP contribution in [0.3, 0.4) is 0 Å². The van der Waals surface area contributed by atoms with Crippen molar-refractivity contribution in [2.45, 2.75) is 32.1 Å². The molecule has 7 nitrogen and oxygen atoms in total. The van der Waals surface area contributed by atoms with E-state index in [1.807, 2.05) is 0 Å². The first-order chi connectivity index (χ1) is 9.99. The van der Waals surface area contributed by atoms with Gasteiger partial charge in [-0.1, -0.05) is 19.3 Å². The molecule has 1 heterocycles. The van der Waals surface area contributed by atoms with E-state index in [1.165, 1.54) is 30.2 Å². The summed E-state index contributed by atoms with van der Waals surface area (Å²) in [5.74, 6) is -0.460. The Hall–Kier alpha value is -1.89. The Bertz CT molecular complexity index is 532. The van der Waals surface area contributed by atoms with Crippen LogP contribution in [-0.4, -0.2) is 33.7 Å². The maximum absolute atomic E-state index is 12.2. The van der Waals surface area contributed by atoms with Gasteiger partial charge in [-0.15, -0.1) is 0 Å². The SMILES string of the molecule is Cn1c(C(=O)NCC2(CO)CCCCC2)ccc1[N+](=O)[O-]. The zero-order valence-corrected chi connectivity index (χ0v) is 12.2. The minimum absolute atomic E-state index is 0.0561. The van der Waals surface area contributed by atoms with Crippen LogP contribution < -0.4 is 5.32 Å². The molecule has 0 unspecified atom stereocenters. The lowest BCUT2D eigenvalue weighted by Crippen LogP contribution is -2.41. The van der Waals surface area contributed by atoms with E-state index in [4.69, 9.17) is 0 Å². The van der Waals surface area contributed by atoms with Crippen molar-refractivity contribution in [3.05, 3.63) is 27.9 Å². The smallest absolute Gasteiger partial charge is 0.323 e. The van der Waals surface area contributed by atoms with Gasteiger partial charge in [0.05, 0.1) is 13.7 Å². The van der Waals surface area contributed by atoms with Crippen molar-refractivity contribution in [3.63, 3.8) is 0 Å². The van der Waals surface area contributed by atoms with Crippen LogP contribution in [0, 0.1) is 15.5 Å². The summed E-state index contributed by atoms with van der Waals surface area (Å²) >= 11 is 0. The fraction of sp³-hybridized carbons (Fsp3) is 0.643. The molecule has 1 aromatic rings. The van der Waals surface area contributed by atoms with Crippen molar-refractivity contribution >= 4 is 11.7 Å². The summed E-state index contributed by atoms with van der Waals surface area (Å²) in [5, 5.41) is 23.2. The van der Waals surface area contributed by atoms with E-state index >= 15 is 0 Å². The third-order valence-corrected chi connectivity index (χ3v) is 4.39. The van der Waals surface area contributed by atoms with E-state index in [9.17, 15) is 20.0 Å². The third-order valence-electron chi connectivity index (χ3n) is 4.39. The molecule has 0 radical (unpaired) electrons. The number of aliphatic hydroxyl groups is 1. The molecule has 2 N–H and O–H groups in total. The van der Waals surface area contributed by atoms with Crippen molar-refractivity contribution in [2.24, 2.45) is 12.5 Å². The molecule has 0 aliphatic heterocycles. The van der Waals surface area contributed by atoms with E-state index in [0.29, 0.717) is 6.54 Å². The van der Waals surface area contributed by atoms with Crippen LogP contribution >= 0.6 is 0 Å². The molecule has 1 aromatic heterocycles. The topological polar surface area (TPSA) is 97.4 Å². The van der Waals surface area contributed by atoms with Crippen molar-refractivity contribution < 1.29 is 14.8 Å². The van der Waals surface area contributed by atoms with Gasteiger partial charge in [-0.25, -0.2) is 4.57 Å². The fourth-order valence-electron chi connectivity index (χ4n) is 2.96. The van der Waals surface area contributed by atoms with Gasteiger partial charge in [0.15, 0.2) is 5.69 Å². The van der Waals surface area contributed by atoms with Crippen molar-refractivity contribution in [1.82, 2.24) is 9.88 Å². The second-order valence-corrected chi connectivity index (χ2v) is 5.79. The highest BCUT2D eigenvalue weighted by Crippen LogP contribution is 2.35. The van der Waals surface area contributed by atoms with Gasteiger partial charge >= 0.3 is 5.82 Å². The van der Waals surface area contributed by atoms with Gasteiger partial charge in [-0.05, 0) is 23.8 Å². The monoisotopic (exact) mass is 295 g/mol. The van der Waals surface area contributed by atoms with Gasteiger partial charge in [0, 0.05) is 18.0 Å². The number of aromatic nitrogens is 1. The Morgan fingerprint density at radius 1 is 1.43 bits per heavy atom. The van der Waals surface area contributed by atoms with E-state index in [1.54, 1.807) is 0 Å². The fourth-order valence-corrected chi connectivity index (χ4v) is 2.96. The highest BCUT2D eigenvalue weighted by Gasteiger charge is 2.32. The second kappa shape index (κ2) is 6.26. The number of carbonyl (C=O) groups is 1. The van der Waals surface area contributed by atoms with Crippen molar-refractivity contribution in [1.29, 1.82) is 0 Å². The van der Waals surface area contributed by atoms with Crippen LogP contribution in [0.25, 0.3) is 0 Å². The predicted octanol–water partition coefficient (Wildman–Crippen LogP) is 1.61. The zero-order chi connectivity index (χ0) is 15.5. The number of nitrogens with one attached hydrogen (secondary N) is 1. The van der Waals surface area contributed by atoms with Crippen LogP contribution in [0.15, 0.2) is 12.1 Å². The highest BCUT2D eigenvalue weighted by molar-refractivity contribution is 5.93. The molecule has 1 amide bonds. The lowest BCUT2D eigenvalue weighted by Gasteiger charge is -2.35. The molecule has 2 rings (SSSR count). The number of amides is 1. The molecule has 1 fully saturated rings. The lowest BCUT2D eigenvalue weighted by atomic mass is 9.74. The molecule has 7 heteroatoms. The van der Waals surface area contributed by atoms with Crippen LogP contribution in [0.5, 0.6) is 0 Å². The first-order valence-electron chi connectivity index (χ1n) is 7.18. The highest BCUT2D eigenvalue weighted by atomic mass is 16.6. The van der Waals surface area contributed by atoms with E-state index in [-0.39, 0.29) is 29.4 Å². The molecular weight excluding hydrogens is 274 g/mol. The molecule has 0 aromatic carbocycles. The average Bonchev–Trinajstić information content (AvgIpc) is 2.88. The largest absolute Gasteiger partial charge is 0.396 e. The molecule has 21 heavy (non-hydrogen) atoms. The number of hydrogen-bond donors (Lipinski definition) is 2. The number of carbonyl (C=O) groups excluding carboxylic acids is 1. The predicted molar refractivity (Wildman–Crippen MR) is 77.0 cm³/mol. The zero-order valence-electron chi connectivity index (χ0n) is 12.2. The molecule has 1 saturated carbocycles. The summed E-state index contributed by atoms with van der Waals surface area (Å²) in [6.07, 6.45) is 5.09. The summed E-state index contributed by atoms with van der Waals surface area (Å²) < 4.78 is 1.27. The van der Waals surface area contributed by atoms with Crippen LogP contribution in [0.1, 0.15) is 42.6 Å². The number of rotatable bonds is 5. The second-order valence-electron chi connectivity index (χ2n) is 5.79. The third kappa shape index (κ3) is 3.24. The average molecular weight is 295 g/mol. The Balaban J connectivity index is 2.03. The van der Waals surface area contributed by atoms with Crippen LogP contribution in [0.2, 0.25) is 0 Å². The molecule has 0 atom stereocenters. The van der Waals surface area contributed by atoms with Gasteiger partial charge in [0.1, 0.15) is 0 Å². The molecule has 1 aliphatic rings. The Morgan fingerprint density at radius 2 is 2.10 bits per heavy atom. The first-order valence-corrected chi connectivity index (χ1v) is 7.18. The van der Waals surface area contributed by atoms with Gasteiger partial charge in [0.2, 0.25) is 0 Å². The van der Waals surface area contributed by atoms with E-state index in [0.717, 1.165) is 25.7 Å². The van der Waals surface area contributed by atoms with Gasteiger partial charge < -0.3 is 20.5 Å². The van der Waals surface area contributed by atoms with Gasteiger partial charge in [0.25, 0.3) is 5.91 Å². The standard InChI is InChI=1S/C14H21N3O4/c1-16-11(5-6-12(16)17(20)21)13(19)15-9-14(10-18)7-3-2-4-8-14/h5-6,18H,2-4,7-10H2,1H3,(H,15,19). The quantitative estimate of drug-likeness (QED) is 0.637. The summed E-state index contributed by atoms with van der Waals surface area (Å²) in [7, 11) is 1.50. The number of nitrogens with zero attached hydrogens (tertiary/aromatic N) is 2. The van der Waals surface area contributed by atoms with Crippen molar-refractivity contribution in [2.75, 3.05) is 13.2 Å². The molecule has 0 spiro atoms. The lowest BCUT2D eigenvalue weighted by molar-refractivity contribution is -0.391. The molecule has 0 saturated heterocycles. The maximum atomic E-state index is 12.2. The maximum Gasteiger partial charge on any atom is 0.323 e. The Labute approximate surface area is 123 Å². The minimum Gasteiger partial charge on any atom is -0.396 e. The first kappa shape index (κ1) is 15.5. The Morgan fingerprint density at radius 3 is 2.62 bits per heavy atom.